The van der Waals surface area contributed by atoms with Crippen molar-refractivity contribution >= 4 is 44.4 Å². The number of benzene rings is 4. The second-order valence-corrected chi connectivity index (χ2v) is 8.54. The standard InChI is InChI=1S/C29H23BrN2O3/c1-2-34-27-17-21(16-25(30)28(27)35-19-20-9-4-3-5-10-20)15-23(18-31)29(33)32-26-14-8-12-22-11-6-7-13-24(22)26/h3-17H,2,19H2,1H3,(H,32,33)/b23-15+. The summed E-state index contributed by atoms with van der Waals surface area (Å²) in [6, 6.07) is 28.8. The van der Waals surface area contributed by atoms with E-state index in [1.807, 2.05) is 85.8 Å². The third-order valence-corrected chi connectivity index (χ3v) is 5.86. The predicted molar refractivity (Wildman–Crippen MR) is 142 cm³/mol. The third-order valence-electron chi connectivity index (χ3n) is 5.27. The number of hydrogen-bond acceptors (Lipinski definition) is 4. The van der Waals surface area contributed by atoms with Crippen molar-refractivity contribution in [3.05, 3.63) is 106 Å². The fourth-order valence-electron chi connectivity index (χ4n) is 3.64. The number of rotatable bonds is 8. The van der Waals surface area contributed by atoms with Crippen molar-refractivity contribution in [2.45, 2.75) is 13.5 Å². The number of nitrogens with zero attached hydrogens (tertiary/aromatic N) is 1. The Balaban J connectivity index is 1.59. The molecule has 35 heavy (non-hydrogen) atoms. The van der Waals surface area contributed by atoms with Crippen molar-refractivity contribution in [3.63, 3.8) is 0 Å². The van der Waals surface area contributed by atoms with E-state index in [1.165, 1.54) is 6.08 Å². The van der Waals surface area contributed by atoms with E-state index in [1.54, 1.807) is 12.1 Å². The van der Waals surface area contributed by atoms with Crippen LogP contribution in [0.25, 0.3) is 16.8 Å². The molecule has 0 spiro atoms. The zero-order valence-electron chi connectivity index (χ0n) is 19.1. The van der Waals surface area contributed by atoms with Gasteiger partial charge in [-0.05, 0) is 63.6 Å². The van der Waals surface area contributed by atoms with E-state index in [2.05, 4.69) is 21.2 Å². The molecule has 4 aromatic carbocycles. The predicted octanol–water partition coefficient (Wildman–Crippen LogP) is 7.13. The van der Waals surface area contributed by atoms with Crippen LogP contribution in [-0.4, -0.2) is 12.5 Å². The Labute approximate surface area is 212 Å². The van der Waals surface area contributed by atoms with E-state index in [4.69, 9.17) is 9.47 Å². The number of hydrogen-bond donors (Lipinski definition) is 1. The minimum Gasteiger partial charge on any atom is -0.490 e. The van der Waals surface area contributed by atoms with Crippen LogP contribution < -0.4 is 14.8 Å². The second-order valence-electron chi connectivity index (χ2n) is 7.69. The highest BCUT2D eigenvalue weighted by Gasteiger charge is 2.15. The molecule has 4 aromatic rings. The Hall–Kier alpha value is -4.08. The van der Waals surface area contributed by atoms with Gasteiger partial charge in [-0.1, -0.05) is 66.7 Å². The molecule has 0 aliphatic heterocycles. The number of carbonyl (C=O) groups is 1. The number of amides is 1. The molecule has 0 unspecified atom stereocenters. The molecule has 0 saturated carbocycles. The summed E-state index contributed by atoms with van der Waals surface area (Å²) in [6.07, 6.45) is 1.54. The second kappa shape index (κ2) is 11.4. The van der Waals surface area contributed by atoms with Gasteiger partial charge in [-0.25, -0.2) is 0 Å². The summed E-state index contributed by atoms with van der Waals surface area (Å²) in [7, 11) is 0. The highest BCUT2D eigenvalue weighted by Crippen LogP contribution is 2.38. The van der Waals surface area contributed by atoms with Crippen LogP contribution in [-0.2, 0) is 11.4 Å². The number of fused-ring (bicyclic) bond motifs is 1. The molecule has 0 bridgehead atoms. The van der Waals surface area contributed by atoms with Gasteiger partial charge >= 0.3 is 0 Å². The summed E-state index contributed by atoms with van der Waals surface area (Å²) in [5.41, 5.74) is 2.29. The number of carbonyl (C=O) groups excluding carboxylic acids is 1. The van der Waals surface area contributed by atoms with Gasteiger partial charge in [0.1, 0.15) is 18.2 Å². The molecule has 0 aliphatic rings. The summed E-state index contributed by atoms with van der Waals surface area (Å²) in [4.78, 5) is 12.9. The van der Waals surface area contributed by atoms with Gasteiger partial charge in [-0.2, -0.15) is 5.26 Å². The number of ether oxygens (including phenoxy) is 2. The fourth-order valence-corrected chi connectivity index (χ4v) is 4.22. The molecule has 6 heteroatoms. The number of halogens is 1. The van der Waals surface area contributed by atoms with E-state index < -0.39 is 5.91 Å². The highest BCUT2D eigenvalue weighted by molar-refractivity contribution is 9.10. The summed E-state index contributed by atoms with van der Waals surface area (Å²) in [5, 5.41) is 14.5. The van der Waals surface area contributed by atoms with Crippen LogP contribution in [0.3, 0.4) is 0 Å². The van der Waals surface area contributed by atoms with Crippen LogP contribution >= 0.6 is 15.9 Å². The van der Waals surface area contributed by atoms with Crippen molar-refractivity contribution in [2.24, 2.45) is 0 Å². The molecule has 174 valence electrons. The normalized spacial score (nSPS) is 11.1. The van der Waals surface area contributed by atoms with E-state index >= 15 is 0 Å². The molecule has 5 nitrogen and oxygen atoms in total. The molecule has 0 fully saturated rings. The Morgan fingerprint density at radius 3 is 2.51 bits per heavy atom. The minimum absolute atomic E-state index is 0.0229. The number of nitriles is 1. The largest absolute Gasteiger partial charge is 0.490 e. The lowest BCUT2D eigenvalue weighted by Crippen LogP contribution is -2.13. The molecule has 0 radical (unpaired) electrons. The van der Waals surface area contributed by atoms with Gasteiger partial charge in [0.15, 0.2) is 11.5 Å². The summed E-state index contributed by atoms with van der Waals surface area (Å²) < 4.78 is 12.5. The first-order valence-electron chi connectivity index (χ1n) is 11.1. The molecule has 0 heterocycles. The topological polar surface area (TPSA) is 71.3 Å². The maximum atomic E-state index is 12.9. The van der Waals surface area contributed by atoms with E-state index in [0.29, 0.717) is 40.4 Å². The van der Waals surface area contributed by atoms with Crippen molar-refractivity contribution in [1.82, 2.24) is 0 Å². The molecule has 4 rings (SSSR count). The first-order chi connectivity index (χ1) is 17.1. The minimum atomic E-state index is -0.484. The van der Waals surface area contributed by atoms with Crippen LogP contribution in [0.15, 0.2) is 95.0 Å². The van der Waals surface area contributed by atoms with Gasteiger partial charge in [0.05, 0.1) is 11.1 Å². The Morgan fingerprint density at radius 1 is 1.00 bits per heavy atom. The zero-order chi connectivity index (χ0) is 24.6. The van der Waals surface area contributed by atoms with Crippen molar-refractivity contribution < 1.29 is 14.3 Å². The third kappa shape index (κ3) is 5.89. The molecule has 1 N–H and O–H groups in total. The van der Waals surface area contributed by atoms with Crippen LogP contribution in [0.2, 0.25) is 0 Å². The van der Waals surface area contributed by atoms with Gasteiger partial charge in [-0.15, -0.1) is 0 Å². The molecule has 1 amide bonds. The monoisotopic (exact) mass is 526 g/mol. The van der Waals surface area contributed by atoms with Crippen LogP contribution in [0, 0.1) is 11.3 Å². The SMILES string of the molecule is CCOc1cc(/C=C(\C#N)C(=O)Nc2cccc3ccccc23)cc(Br)c1OCc1ccccc1. The Morgan fingerprint density at radius 2 is 1.74 bits per heavy atom. The Bertz CT molecular complexity index is 1420. The maximum Gasteiger partial charge on any atom is 0.266 e. The number of anilines is 1. The maximum absolute atomic E-state index is 12.9. The smallest absolute Gasteiger partial charge is 0.266 e. The zero-order valence-corrected chi connectivity index (χ0v) is 20.7. The highest BCUT2D eigenvalue weighted by atomic mass is 79.9. The number of nitrogens with one attached hydrogen (secondary N) is 1. The van der Waals surface area contributed by atoms with E-state index in [9.17, 15) is 10.1 Å². The average Bonchev–Trinajstić information content (AvgIpc) is 2.88. The summed E-state index contributed by atoms with van der Waals surface area (Å²) in [5.74, 6) is 0.602. The van der Waals surface area contributed by atoms with Gasteiger partial charge in [0.25, 0.3) is 5.91 Å². The summed E-state index contributed by atoms with van der Waals surface area (Å²) >= 11 is 3.55. The van der Waals surface area contributed by atoms with Crippen molar-refractivity contribution in [3.8, 4) is 17.6 Å². The molecule has 0 aliphatic carbocycles. The molecular formula is C29H23BrN2O3. The van der Waals surface area contributed by atoms with Crippen LogP contribution in [0.4, 0.5) is 5.69 Å². The quantitative estimate of drug-likeness (QED) is 0.196. The van der Waals surface area contributed by atoms with Gasteiger partial charge in [-0.3, -0.25) is 4.79 Å². The first-order valence-corrected chi connectivity index (χ1v) is 11.9. The average molecular weight is 527 g/mol. The van der Waals surface area contributed by atoms with Crippen molar-refractivity contribution in [1.29, 1.82) is 5.26 Å². The van der Waals surface area contributed by atoms with Gasteiger partial charge < -0.3 is 14.8 Å². The Kier molecular flexibility index (Phi) is 7.81. The molecular weight excluding hydrogens is 504 g/mol. The van der Waals surface area contributed by atoms with Crippen molar-refractivity contribution in [2.75, 3.05) is 11.9 Å². The summed E-state index contributed by atoms with van der Waals surface area (Å²) in [6.45, 7) is 2.70. The van der Waals surface area contributed by atoms with Crippen LogP contribution in [0.5, 0.6) is 11.5 Å². The van der Waals surface area contributed by atoms with E-state index in [0.717, 1.165) is 16.3 Å². The molecule has 0 saturated heterocycles. The first kappa shape index (κ1) is 24.1. The lowest BCUT2D eigenvalue weighted by molar-refractivity contribution is -0.112. The van der Waals surface area contributed by atoms with Gasteiger partial charge in [0, 0.05) is 11.1 Å². The van der Waals surface area contributed by atoms with E-state index in [-0.39, 0.29) is 5.57 Å². The molecule has 0 aromatic heterocycles. The lowest BCUT2D eigenvalue weighted by atomic mass is 10.1. The van der Waals surface area contributed by atoms with Crippen LogP contribution in [0.1, 0.15) is 18.1 Å². The fraction of sp³-hybridized carbons (Fsp3) is 0.103. The lowest BCUT2D eigenvalue weighted by Gasteiger charge is -2.15. The molecule has 0 atom stereocenters. The van der Waals surface area contributed by atoms with Gasteiger partial charge in [0.2, 0.25) is 0 Å².